The molecule has 6 heteroatoms. The van der Waals surface area contributed by atoms with Crippen LogP contribution in [0.4, 0.5) is 5.69 Å². The molecule has 0 unspecified atom stereocenters. The van der Waals surface area contributed by atoms with Gasteiger partial charge in [0.25, 0.3) is 0 Å². The highest BCUT2D eigenvalue weighted by atomic mass is 32.2. The molecular formula is C7H11N3O2S. The van der Waals surface area contributed by atoms with E-state index in [9.17, 15) is 8.42 Å². The summed E-state index contributed by atoms with van der Waals surface area (Å²) in [6.07, 6.45) is 4.76. The number of anilines is 1. The van der Waals surface area contributed by atoms with E-state index in [-0.39, 0.29) is 5.75 Å². The number of aromatic nitrogens is 2. The van der Waals surface area contributed by atoms with Gasteiger partial charge in [-0.2, -0.15) is 0 Å². The van der Waals surface area contributed by atoms with E-state index in [1.54, 1.807) is 6.92 Å². The van der Waals surface area contributed by atoms with Crippen LogP contribution < -0.4 is 4.72 Å². The van der Waals surface area contributed by atoms with E-state index in [2.05, 4.69) is 14.7 Å². The Labute approximate surface area is 77.3 Å². The lowest BCUT2D eigenvalue weighted by Gasteiger charge is -2.04. The molecule has 1 N–H and O–H groups in total. The summed E-state index contributed by atoms with van der Waals surface area (Å²) in [6, 6.07) is 0. The van der Waals surface area contributed by atoms with E-state index >= 15 is 0 Å². The summed E-state index contributed by atoms with van der Waals surface area (Å²) in [7, 11) is -3.21. The van der Waals surface area contributed by atoms with Crippen LogP contribution in [0, 0.1) is 0 Å². The van der Waals surface area contributed by atoms with Crippen LogP contribution in [-0.4, -0.2) is 24.1 Å². The van der Waals surface area contributed by atoms with Gasteiger partial charge in [0, 0.05) is 0 Å². The van der Waals surface area contributed by atoms with Gasteiger partial charge in [-0.25, -0.2) is 18.4 Å². The SMILES string of the molecule is CCCS(=O)(=O)Nc1cncnc1. The normalized spacial score (nSPS) is 11.2. The molecule has 0 aliphatic heterocycles. The van der Waals surface area contributed by atoms with Crippen molar-refractivity contribution >= 4 is 15.7 Å². The molecule has 72 valence electrons. The summed E-state index contributed by atoms with van der Waals surface area (Å²) in [5.74, 6) is 0.113. The molecule has 5 nitrogen and oxygen atoms in total. The van der Waals surface area contributed by atoms with Gasteiger partial charge in [0.15, 0.2) is 0 Å². The zero-order chi connectivity index (χ0) is 9.73. The molecule has 0 bridgehead atoms. The first kappa shape index (κ1) is 9.91. The summed E-state index contributed by atoms with van der Waals surface area (Å²) in [6.45, 7) is 1.81. The zero-order valence-electron chi connectivity index (χ0n) is 7.27. The Morgan fingerprint density at radius 2 is 2.00 bits per heavy atom. The standard InChI is InChI=1S/C7H11N3O2S/c1-2-3-13(11,12)10-7-4-8-6-9-5-7/h4-6,10H,2-3H2,1H3. The Morgan fingerprint density at radius 3 is 2.54 bits per heavy atom. The van der Waals surface area contributed by atoms with Gasteiger partial charge in [0.1, 0.15) is 6.33 Å². The van der Waals surface area contributed by atoms with Crippen molar-refractivity contribution in [1.29, 1.82) is 0 Å². The summed E-state index contributed by atoms with van der Waals surface area (Å²) < 4.78 is 24.8. The largest absolute Gasteiger partial charge is 0.280 e. The molecule has 0 amide bonds. The van der Waals surface area contributed by atoms with Gasteiger partial charge in [0.05, 0.1) is 23.8 Å². The first-order valence-electron chi connectivity index (χ1n) is 3.89. The number of nitrogens with one attached hydrogen (secondary N) is 1. The van der Waals surface area contributed by atoms with Gasteiger partial charge in [-0.3, -0.25) is 4.72 Å². The molecule has 0 saturated carbocycles. The fourth-order valence-electron chi connectivity index (χ4n) is 0.851. The maximum atomic E-state index is 11.2. The highest BCUT2D eigenvalue weighted by Gasteiger charge is 2.07. The molecule has 1 aromatic heterocycles. The van der Waals surface area contributed by atoms with Gasteiger partial charge in [0.2, 0.25) is 10.0 Å². The predicted octanol–water partition coefficient (Wildman–Crippen LogP) is 0.628. The lowest BCUT2D eigenvalue weighted by Crippen LogP contribution is -2.16. The van der Waals surface area contributed by atoms with Crippen molar-refractivity contribution in [1.82, 2.24) is 9.97 Å². The first-order valence-corrected chi connectivity index (χ1v) is 5.55. The lowest BCUT2D eigenvalue weighted by atomic mass is 10.6. The topological polar surface area (TPSA) is 72.0 Å². The van der Waals surface area contributed by atoms with Gasteiger partial charge in [-0.1, -0.05) is 6.92 Å². The number of rotatable bonds is 4. The maximum absolute atomic E-state index is 11.2. The Balaban J connectivity index is 2.70. The van der Waals surface area contributed by atoms with Crippen LogP contribution in [0.5, 0.6) is 0 Å². The van der Waals surface area contributed by atoms with Crippen LogP contribution in [0.2, 0.25) is 0 Å². The van der Waals surface area contributed by atoms with Gasteiger partial charge in [-0.15, -0.1) is 0 Å². The molecule has 13 heavy (non-hydrogen) atoms. The molecule has 1 rings (SSSR count). The van der Waals surface area contributed by atoms with Crippen molar-refractivity contribution in [2.75, 3.05) is 10.5 Å². The highest BCUT2D eigenvalue weighted by molar-refractivity contribution is 7.92. The molecule has 0 spiro atoms. The average molecular weight is 201 g/mol. The third kappa shape index (κ3) is 3.37. The van der Waals surface area contributed by atoms with Gasteiger partial charge >= 0.3 is 0 Å². The molecule has 0 saturated heterocycles. The molecule has 0 radical (unpaired) electrons. The number of hydrogen-bond donors (Lipinski definition) is 1. The van der Waals surface area contributed by atoms with E-state index in [0.29, 0.717) is 12.1 Å². The van der Waals surface area contributed by atoms with E-state index in [0.717, 1.165) is 0 Å². The molecule has 1 aromatic rings. The van der Waals surface area contributed by atoms with Crippen LogP contribution in [0.15, 0.2) is 18.7 Å². The van der Waals surface area contributed by atoms with E-state index in [4.69, 9.17) is 0 Å². The minimum Gasteiger partial charge on any atom is -0.280 e. The first-order chi connectivity index (χ1) is 6.14. The smallest absolute Gasteiger partial charge is 0.232 e. The number of nitrogens with zero attached hydrogens (tertiary/aromatic N) is 2. The second-order valence-electron chi connectivity index (χ2n) is 2.55. The highest BCUT2D eigenvalue weighted by Crippen LogP contribution is 2.04. The van der Waals surface area contributed by atoms with Gasteiger partial charge in [-0.05, 0) is 6.42 Å². The molecule has 0 atom stereocenters. The Bertz CT molecular complexity index is 349. The van der Waals surface area contributed by atoms with Crippen molar-refractivity contribution in [3.8, 4) is 0 Å². The molecule has 0 aromatic carbocycles. The lowest BCUT2D eigenvalue weighted by molar-refractivity contribution is 0.600. The van der Waals surface area contributed by atoms with Gasteiger partial charge < -0.3 is 0 Å². The maximum Gasteiger partial charge on any atom is 0.232 e. The third-order valence-corrected chi connectivity index (χ3v) is 2.80. The Kier molecular flexibility index (Phi) is 3.18. The molecule has 0 fully saturated rings. The van der Waals surface area contributed by atoms with Crippen LogP contribution in [0.1, 0.15) is 13.3 Å². The average Bonchev–Trinajstić information content (AvgIpc) is 2.04. The zero-order valence-corrected chi connectivity index (χ0v) is 8.08. The van der Waals surface area contributed by atoms with Crippen molar-refractivity contribution in [2.45, 2.75) is 13.3 Å². The second-order valence-corrected chi connectivity index (χ2v) is 4.39. The fourth-order valence-corrected chi connectivity index (χ4v) is 1.96. The molecule has 0 aliphatic carbocycles. The minimum atomic E-state index is -3.21. The Morgan fingerprint density at radius 1 is 1.38 bits per heavy atom. The Hall–Kier alpha value is -1.17. The van der Waals surface area contributed by atoms with Crippen LogP contribution in [0.3, 0.4) is 0 Å². The van der Waals surface area contributed by atoms with E-state index < -0.39 is 10.0 Å². The van der Waals surface area contributed by atoms with Crippen molar-refractivity contribution in [2.24, 2.45) is 0 Å². The van der Waals surface area contributed by atoms with Crippen molar-refractivity contribution in [3.05, 3.63) is 18.7 Å². The number of hydrogen-bond acceptors (Lipinski definition) is 4. The van der Waals surface area contributed by atoms with Crippen LogP contribution in [-0.2, 0) is 10.0 Å². The molecule has 1 heterocycles. The summed E-state index contributed by atoms with van der Waals surface area (Å²) in [5, 5.41) is 0. The quantitative estimate of drug-likeness (QED) is 0.775. The second kappa shape index (κ2) is 4.18. The van der Waals surface area contributed by atoms with Crippen LogP contribution in [0.25, 0.3) is 0 Å². The van der Waals surface area contributed by atoms with Crippen molar-refractivity contribution in [3.63, 3.8) is 0 Å². The summed E-state index contributed by atoms with van der Waals surface area (Å²) >= 11 is 0. The monoisotopic (exact) mass is 201 g/mol. The summed E-state index contributed by atoms with van der Waals surface area (Å²) in [5.41, 5.74) is 0.399. The third-order valence-electron chi connectivity index (χ3n) is 1.31. The summed E-state index contributed by atoms with van der Waals surface area (Å²) in [4.78, 5) is 7.38. The van der Waals surface area contributed by atoms with Crippen molar-refractivity contribution < 1.29 is 8.42 Å². The van der Waals surface area contributed by atoms with E-state index in [1.807, 2.05) is 0 Å². The minimum absolute atomic E-state index is 0.113. The number of sulfonamides is 1. The predicted molar refractivity (Wildman–Crippen MR) is 49.7 cm³/mol. The fraction of sp³-hybridized carbons (Fsp3) is 0.429. The van der Waals surface area contributed by atoms with Crippen LogP contribution >= 0.6 is 0 Å². The van der Waals surface area contributed by atoms with E-state index in [1.165, 1.54) is 18.7 Å². The molecule has 0 aliphatic rings. The molecular weight excluding hydrogens is 190 g/mol.